The van der Waals surface area contributed by atoms with Gasteiger partial charge in [-0.05, 0) is 43.6 Å². The van der Waals surface area contributed by atoms with Gasteiger partial charge >= 0.3 is 0 Å². The molecule has 3 nitrogen and oxygen atoms in total. The molecule has 1 aromatic rings. The van der Waals surface area contributed by atoms with Crippen molar-refractivity contribution in [2.24, 2.45) is 17.8 Å². The van der Waals surface area contributed by atoms with E-state index in [1.54, 1.807) is 0 Å². The molecule has 3 heteroatoms. The van der Waals surface area contributed by atoms with Crippen LogP contribution < -0.4 is 5.32 Å². The van der Waals surface area contributed by atoms with E-state index in [0.717, 1.165) is 30.8 Å². The molecule has 2 saturated carbocycles. The second-order valence-corrected chi connectivity index (χ2v) is 5.75. The van der Waals surface area contributed by atoms with Crippen LogP contribution in [-0.4, -0.2) is 16.1 Å². The van der Waals surface area contributed by atoms with E-state index in [9.17, 15) is 0 Å². The monoisotopic (exact) mass is 233 g/mol. The Bertz CT molecular complexity index is 371. The normalized spacial score (nSPS) is 31.2. The zero-order chi connectivity index (χ0) is 11.7. The van der Waals surface area contributed by atoms with Crippen molar-refractivity contribution in [1.82, 2.24) is 14.9 Å². The molecule has 1 N–H and O–H groups in total. The molecule has 0 aromatic carbocycles. The summed E-state index contributed by atoms with van der Waals surface area (Å²) in [6.07, 6.45) is 9.96. The molecule has 0 radical (unpaired) electrons. The first-order chi connectivity index (χ1) is 8.36. The van der Waals surface area contributed by atoms with Gasteiger partial charge < -0.3 is 9.88 Å². The lowest BCUT2D eigenvalue weighted by molar-refractivity contribution is 0.292. The zero-order valence-electron chi connectivity index (χ0n) is 10.7. The van der Waals surface area contributed by atoms with Crippen LogP contribution in [0.1, 0.15) is 38.3 Å². The maximum atomic E-state index is 4.30. The maximum absolute atomic E-state index is 4.30. The highest BCUT2D eigenvalue weighted by molar-refractivity contribution is 5.00. The predicted octanol–water partition coefficient (Wildman–Crippen LogP) is 2.43. The van der Waals surface area contributed by atoms with E-state index in [1.165, 1.54) is 37.9 Å². The highest BCUT2D eigenvalue weighted by Gasteiger charge is 2.39. The van der Waals surface area contributed by atoms with Crippen molar-refractivity contribution >= 4 is 0 Å². The number of nitrogens with zero attached hydrogens (tertiary/aromatic N) is 2. The fraction of sp³-hybridized carbons (Fsp3) is 0.786. The molecule has 2 aliphatic rings. The molecule has 3 unspecified atom stereocenters. The first-order valence-electron chi connectivity index (χ1n) is 7.06. The van der Waals surface area contributed by atoms with Crippen molar-refractivity contribution in [2.75, 3.05) is 6.54 Å². The highest BCUT2D eigenvalue weighted by Crippen LogP contribution is 2.48. The molecule has 3 atom stereocenters. The standard InChI is InChI=1S/C14H23N3/c1-2-15-7-14-8-16-10-17(14)9-13-6-11-3-4-12(13)5-11/h8,10-13,15H,2-7,9H2,1H3. The van der Waals surface area contributed by atoms with Crippen molar-refractivity contribution in [3.63, 3.8) is 0 Å². The Morgan fingerprint density at radius 2 is 2.35 bits per heavy atom. The Labute approximate surface area is 104 Å². The smallest absolute Gasteiger partial charge is 0.0948 e. The third kappa shape index (κ3) is 2.25. The Morgan fingerprint density at radius 3 is 3.06 bits per heavy atom. The average Bonchev–Trinajstić information content (AvgIpc) is 3.02. The van der Waals surface area contributed by atoms with Gasteiger partial charge in [0.05, 0.1) is 12.0 Å². The molecule has 1 heterocycles. The summed E-state index contributed by atoms with van der Waals surface area (Å²) in [5, 5.41) is 3.39. The number of hydrogen-bond acceptors (Lipinski definition) is 2. The SMILES string of the molecule is CCNCc1cncn1CC1CC2CCC1C2. The Kier molecular flexibility index (Phi) is 3.19. The van der Waals surface area contributed by atoms with Gasteiger partial charge in [-0.25, -0.2) is 4.98 Å². The number of imidazole rings is 1. The van der Waals surface area contributed by atoms with Crippen molar-refractivity contribution in [3.8, 4) is 0 Å². The highest BCUT2D eigenvalue weighted by atomic mass is 15.1. The molecule has 0 amide bonds. The maximum Gasteiger partial charge on any atom is 0.0948 e. The first-order valence-corrected chi connectivity index (χ1v) is 7.06. The molecular formula is C14H23N3. The van der Waals surface area contributed by atoms with Gasteiger partial charge in [0.2, 0.25) is 0 Å². The van der Waals surface area contributed by atoms with Gasteiger partial charge in [0.25, 0.3) is 0 Å². The molecule has 2 aliphatic carbocycles. The molecule has 0 spiro atoms. The number of rotatable bonds is 5. The Morgan fingerprint density at radius 1 is 1.41 bits per heavy atom. The second kappa shape index (κ2) is 4.81. The van der Waals surface area contributed by atoms with Crippen LogP contribution in [0.25, 0.3) is 0 Å². The van der Waals surface area contributed by atoms with Crippen molar-refractivity contribution in [2.45, 2.75) is 45.7 Å². The van der Waals surface area contributed by atoms with E-state index in [-0.39, 0.29) is 0 Å². The Hall–Kier alpha value is -0.830. The molecule has 3 rings (SSSR count). The molecule has 94 valence electrons. The minimum atomic E-state index is 0.920. The van der Waals surface area contributed by atoms with Crippen LogP contribution in [0, 0.1) is 17.8 Å². The van der Waals surface area contributed by atoms with E-state index < -0.39 is 0 Å². The zero-order valence-corrected chi connectivity index (χ0v) is 10.7. The van der Waals surface area contributed by atoms with E-state index in [0.29, 0.717) is 0 Å². The van der Waals surface area contributed by atoms with Gasteiger partial charge in [0.1, 0.15) is 0 Å². The van der Waals surface area contributed by atoms with Crippen LogP contribution in [0.5, 0.6) is 0 Å². The summed E-state index contributed by atoms with van der Waals surface area (Å²) in [4.78, 5) is 4.30. The lowest BCUT2D eigenvalue weighted by Gasteiger charge is -2.23. The van der Waals surface area contributed by atoms with Crippen molar-refractivity contribution in [3.05, 3.63) is 18.2 Å². The third-order valence-electron chi connectivity index (χ3n) is 4.67. The number of hydrogen-bond donors (Lipinski definition) is 1. The van der Waals surface area contributed by atoms with Crippen LogP contribution in [0.4, 0.5) is 0 Å². The van der Waals surface area contributed by atoms with Crippen LogP contribution in [-0.2, 0) is 13.1 Å². The van der Waals surface area contributed by atoms with Crippen LogP contribution in [0.3, 0.4) is 0 Å². The third-order valence-corrected chi connectivity index (χ3v) is 4.67. The largest absolute Gasteiger partial charge is 0.333 e. The fourth-order valence-corrected chi connectivity index (χ4v) is 3.77. The van der Waals surface area contributed by atoms with Gasteiger partial charge in [0, 0.05) is 19.3 Å². The van der Waals surface area contributed by atoms with Crippen LogP contribution in [0.2, 0.25) is 0 Å². The van der Waals surface area contributed by atoms with Gasteiger partial charge in [0.15, 0.2) is 0 Å². The molecule has 2 fully saturated rings. The van der Waals surface area contributed by atoms with Gasteiger partial charge in [-0.1, -0.05) is 13.3 Å². The van der Waals surface area contributed by atoms with E-state index in [2.05, 4.69) is 21.8 Å². The van der Waals surface area contributed by atoms with Crippen LogP contribution in [0.15, 0.2) is 12.5 Å². The molecule has 1 aromatic heterocycles. The van der Waals surface area contributed by atoms with Crippen molar-refractivity contribution in [1.29, 1.82) is 0 Å². The minimum Gasteiger partial charge on any atom is -0.333 e. The second-order valence-electron chi connectivity index (χ2n) is 5.75. The first kappa shape index (κ1) is 11.3. The summed E-state index contributed by atoms with van der Waals surface area (Å²) in [5.74, 6) is 2.98. The number of aromatic nitrogens is 2. The predicted molar refractivity (Wildman–Crippen MR) is 68.5 cm³/mol. The lowest BCUT2D eigenvalue weighted by Crippen LogP contribution is -2.20. The van der Waals surface area contributed by atoms with E-state index >= 15 is 0 Å². The number of nitrogens with one attached hydrogen (secondary N) is 1. The van der Waals surface area contributed by atoms with Crippen LogP contribution >= 0.6 is 0 Å². The summed E-state index contributed by atoms with van der Waals surface area (Å²) >= 11 is 0. The van der Waals surface area contributed by atoms with E-state index in [1.807, 2.05) is 12.5 Å². The molecule has 17 heavy (non-hydrogen) atoms. The van der Waals surface area contributed by atoms with Gasteiger partial charge in [-0.3, -0.25) is 0 Å². The minimum absolute atomic E-state index is 0.920. The molecule has 2 bridgehead atoms. The fourth-order valence-electron chi connectivity index (χ4n) is 3.77. The Balaban J connectivity index is 1.63. The number of fused-ring (bicyclic) bond motifs is 2. The summed E-state index contributed by atoms with van der Waals surface area (Å²) in [7, 11) is 0. The summed E-state index contributed by atoms with van der Waals surface area (Å²) in [6.45, 7) is 5.33. The summed E-state index contributed by atoms with van der Waals surface area (Å²) in [5.41, 5.74) is 1.34. The van der Waals surface area contributed by atoms with Gasteiger partial charge in [-0.15, -0.1) is 0 Å². The summed E-state index contributed by atoms with van der Waals surface area (Å²) < 4.78 is 2.37. The molecule has 0 aliphatic heterocycles. The molecular weight excluding hydrogens is 210 g/mol. The molecule has 0 saturated heterocycles. The van der Waals surface area contributed by atoms with Crippen molar-refractivity contribution < 1.29 is 0 Å². The average molecular weight is 233 g/mol. The lowest BCUT2D eigenvalue weighted by atomic mass is 9.89. The van der Waals surface area contributed by atoms with E-state index in [4.69, 9.17) is 0 Å². The van der Waals surface area contributed by atoms with Gasteiger partial charge in [-0.2, -0.15) is 0 Å². The quantitative estimate of drug-likeness (QED) is 0.846. The summed E-state index contributed by atoms with van der Waals surface area (Å²) in [6, 6.07) is 0. The topological polar surface area (TPSA) is 29.9 Å².